The first-order valence-electron chi connectivity index (χ1n) is 9.35. The lowest BCUT2D eigenvalue weighted by molar-refractivity contribution is 0.607. The molecule has 0 radical (unpaired) electrons. The molecule has 0 fully saturated rings. The van der Waals surface area contributed by atoms with Gasteiger partial charge in [0, 0.05) is 17.3 Å². The zero-order valence-corrected chi connectivity index (χ0v) is 17.0. The molecule has 0 saturated heterocycles. The van der Waals surface area contributed by atoms with E-state index in [9.17, 15) is 8.42 Å². The van der Waals surface area contributed by atoms with Crippen LogP contribution in [0.25, 0.3) is 21.8 Å². The van der Waals surface area contributed by atoms with Crippen molar-refractivity contribution >= 4 is 54.6 Å². The molecule has 0 aliphatic rings. The highest BCUT2D eigenvalue weighted by Gasteiger charge is 2.12. The predicted octanol–water partition coefficient (Wildman–Crippen LogP) is 4.93. The molecule has 0 atom stereocenters. The minimum Gasteiger partial charge on any atom is -0.384 e. The normalized spacial score (nSPS) is 11.5. The van der Waals surface area contributed by atoms with E-state index in [0.717, 1.165) is 45.1 Å². The highest BCUT2D eigenvalue weighted by molar-refractivity contribution is 7.92. The Bertz CT molecular complexity index is 1250. The number of anilines is 4. The minimum absolute atomic E-state index is 0.512. The van der Waals surface area contributed by atoms with Gasteiger partial charge in [-0.25, -0.2) is 13.4 Å². The number of pyridine rings is 1. The third-order valence-electron chi connectivity index (χ3n) is 4.54. The molecule has 0 aliphatic heterocycles. The second-order valence-electron chi connectivity index (χ2n) is 6.81. The zero-order valence-electron chi connectivity index (χ0n) is 16.2. The summed E-state index contributed by atoms with van der Waals surface area (Å²) in [5.41, 5.74) is 4.97. The number of rotatable bonds is 6. The van der Waals surface area contributed by atoms with E-state index in [0.29, 0.717) is 12.2 Å². The Kier molecular flexibility index (Phi) is 4.98. The quantitative estimate of drug-likeness (QED) is 0.395. The largest absolute Gasteiger partial charge is 0.384 e. The van der Waals surface area contributed by atoms with Crippen molar-refractivity contribution in [2.24, 2.45) is 0 Å². The molecule has 3 N–H and O–H groups in total. The van der Waals surface area contributed by atoms with Crippen LogP contribution in [0.2, 0.25) is 0 Å². The molecule has 4 aromatic rings. The third kappa shape index (κ3) is 4.09. The van der Waals surface area contributed by atoms with Crippen molar-refractivity contribution in [3.8, 4) is 0 Å². The van der Waals surface area contributed by atoms with Crippen molar-refractivity contribution in [3.63, 3.8) is 0 Å². The molecule has 1 aromatic heterocycles. The van der Waals surface area contributed by atoms with Gasteiger partial charge in [-0.1, -0.05) is 36.4 Å². The average molecular weight is 407 g/mol. The van der Waals surface area contributed by atoms with E-state index >= 15 is 0 Å². The molecule has 0 saturated carbocycles. The molecule has 1 heterocycles. The van der Waals surface area contributed by atoms with Crippen LogP contribution in [0.3, 0.4) is 0 Å². The maximum atomic E-state index is 11.6. The van der Waals surface area contributed by atoms with Gasteiger partial charge in [-0.05, 0) is 37.3 Å². The van der Waals surface area contributed by atoms with Crippen LogP contribution >= 0.6 is 0 Å². The summed E-state index contributed by atoms with van der Waals surface area (Å²) in [7, 11) is -3.34. The Morgan fingerprint density at radius 2 is 1.48 bits per heavy atom. The van der Waals surface area contributed by atoms with Gasteiger partial charge >= 0.3 is 0 Å². The van der Waals surface area contributed by atoms with Gasteiger partial charge in [-0.15, -0.1) is 0 Å². The maximum absolute atomic E-state index is 11.6. The van der Waals surface area contributed by atoms with E-state index in [2.05, 4.69) is 15.4 Å². The van der Waals surface area contributed by atoms with E-state index in [1.165, 1.54) is 0 Å². The van der Waals surface area contributed by atoms with Gasteiger partial charge in [0.15, 0.2) is 0 Å². The number of sulfonamides is 1. The first kappa shape index (κ1) is 19.0. The Balaban J connectivity index is 1.85. The number of nitrogens with one attached hydrogen (secondary N) is 3. The first-order valence-corrected chi connectivity index (χ1v) is 11.2. The van der Waals surface area contributed by atoms with Gasteiger partial charge in [0.2, 0.25) is 10.0 Å². The van der Waals surface area contributed by atoms with Crippen molar-refractivity contribution in [2.75, 3.05) is 28.2 Å². The fourth-order valence-corrected chi connectivity index (χ4v) is 3.93. The smallest absolute Gasteiger partial charge is 0.229 e. The highest BCUT2D eigenvalue weighted by atomic mass is 32.2. The average Bonchev–Trinajstić information content (AvgIpc) is 2.68. The Morgan fingerprint density at radius 3 is 2.07 bits per heavy atom. The molecule has 6 nitrogen and oxygen atoms in total. The van der Waals surface area contributed by atoms with Gasteiger partial charge in [0.25, 0.3) is 0 Å². The second-order valence-corrected chi connectivity index (χ2v) is 8.56. The zero-order chi connectivity index (χ0) is 20.4. The maximum Gasteiger partial charge on any atom is 0.229 e. The molecule has 0 bridgehead atoms. The summed E-state index contributed by atoms with van der Waals surface area (Å²) in [5.74, 6) is 0. The summed E-state index contributed by atoms with van der Waals surface area (Å²) in [4.78, 5) is 4.76. The lowest BCUT2D eigenvalue weighted by Crippen LogP contribution is -2.10. The summed E-state index contributed by atoms with van der Waals surface area (Å²) in [6, 6.07) is 21.4. The van der Waals surface area contributed by atoms with Crippen LogP contribution in [0.15, 0.2) is 66.7 Å². The monoisotopic (exact) mass is 406 g/mol. The number of nitrogens with zero attached hydrogens (tertiary/aromatic N) is 1. The van der Waals surface area contributed by atoms with Gasteiger partial charge < -0.3 is 10.6 Å². The number of para-hydroxylation sites is 2. The fourth-order valence-electron chi connectivity index (χ4n) is 3.38. The molecule has 29 heavy (non-hydrogen) atoms. The number of benzene rings is 3. The van der Waals surface area contributed by atoms with Crippen LogP contribution in [0.4, 0.5) is 22.7 Å². The summed E-state index contributed by atoms with van der Waals surface area (Å²) >= 11 is 0. The SMILES string of the molecule is CCNc1cc(NS(C)(=O)=O)ccc1Nc1c2ccccc2nc2ccccc12. The number of hydrogen-bond donors (Lipinski definition) is 3. The lowest BCUT2D eigenvalue weighted by Gasteiger charge is -2.18. The highest BCUT2D eigenvalue weighted by Crippen LogP contribution is 2.36. The van der Waals surface area contributed by atoms with Gasteiger partial charge in [-0.3, -0.25) is 4.72 Å². The third-order valence-corrected chi connectivity index (χ3v) is 5.14. The Morgan fingerprint density at radius 1 is 0.862 bits per heavy atom. The second kappa shape index (κ2) is 7.60. The van der Waals surface area contributed by atoms with Gasteiger partial charge in [0.05, 0.1) is 40.0 Å². The van der Waals surface area contributed by atoms with Crippen molar-refractivity contribution < 1.29 is 8.42 Å². The van der Waals surface area contributed by atoms with E-state index in [1.807, 2.05) is 61.5 Å². The summed E-state index contributed by atoms with van der Waals surface area (Å²) in [6.45, 7) is 2.70. The van der Waals surface area contributed by atoms with Crippen molar-refractivity contribution in [1.29, 1.82) is 0 Å². The number of fused-ring (bicyclic) bond motifs is 2. The summed E-state index contributed by atoms with van der Waals surface area (Å²) in [6.07, 6.45) is 1.14. The molecule has 148 valence electrons. The van der Waals surface area contributed by atoms with Crippen molar-refractivity contribution in [1.82, 2.24) is 4.98 Å². The van der Waals surface area contributed by atoms with Crippen LogP contribution in [0, 0.1) is 0 Å². The molecule has 0 amide bonds. The summed E-state index contributed by atoms with van der Waals surface area (Å²) in [5, 5.41) is 8.90. The molecule has 3 aromatic carbocycles. The lowest BCUT2D eigenvalue weighted by atomic mass is 10.1. The minimum atomic E-state index is -3.34. The predicted molar refractivity (Wildman–Crippen MR) is 122 cm³/mol. The topological polar surface area (TPSA) is 83.1 Å². The van der Waals surface area contributed by atoms with Crippen LogP contribution < -0.4 is 15.4 Å². The van der Waals surface area contributed by atoms with Gasteiger partial charge in [-0.2, -0.15) is 0 Å². The molecule has 4 rings (SSSR count). The summed E-state index contributed by atoms with van der Waals surface area (Å²) < 4.78 is 25.7. The van der Waals surface area contributed by atoms with E-state index in [4.69, 9.17) is 4.98 Å². The molecule has 0 aliphatic carbocycles. The molecule has 7 heteroatoms. The van der Waals surface area contributed by atoms with Crippen LogP contribution in [0.5, 0.6) is 0 Å². The molecule has 0 spiro atoms. The van der Waals surface area contributed by atoms with Crippen LogP contribution in [-0.4, -0.2) is 26.2 Å². The molecular formula is C22H22N4O2S. The van der Waals surface area contributed by atoms with Crippen LogP contribution in [-0.2, 0) is 10.0 Å². The number of hydrogen-bond acceptors (Lipinski definition) is 5. The molecule has 0 unspecified atom stereocenters. The Hall–Kier alpha value is -3.32. The van der Waals surface area contributed by atoms with Gasteiger partial charge in [0.1, 0.15) is 0 Å². The molecular weight excluding hydrogens is 384 g/mol. The van der Waals surface area contributed by atoms with E-state index in [1.54, 1.807) is 12.1 Å². The van der Waals surface area contributed by atoms with Crippen molar-refractivity contribution in [3.05, 3.63) is 66.7 Å². The van der Waals surface area contributed by atoms with Crippen LogP contribution in [0.1, 0.15) is 6.92 Å². The van der Waals surface area contributed by atoms with E-state index in [-0.39, 0.29) is 0 Å². The fraction of sp³-hybridized carbons (Fsp3) is 0.136. The number of aromatic nitrogens is 1. The first-order chi connectivity index (χ1) is 13.9. The van der Waals surface area contributed by atoms with Crippen molar-refractivity contribution in [2.45, 2.75) is 6.92 Å². The van der Waals surface area contributed by atoms with E-state index < -0.39 is 10.0 Å². The Labute approximate surface area is 170 Å². The standard InChI is InChI=1S/C22H22N4O2S/c1-3-23-21-14-15(26-29(2,27)28)12-13-20(21)25-22-16-8-4-6-10-18(16)24-19-11-7-5-9-17(19)22/h4-14,23,26H,3H2,1-2H3,(H,24,25).